The van der Waals surface area contributed by atoms with Crippen molar-refractivity contribution < 1.29 is 9.66 Å². The van der Waals surface area contributed by atoms with Crippen molar-refractivity contribution in [1.82, 2.24) is 15.5 Å². The van der Waals surface area contributed by atoms with Crippen LogP contribution in [0, 0.1) is 10.1 Å². The Morgan fingerprint density at radius 2 is 1.90 bits per heavy atom. The monoisotopic (exact) mass is 545 g/mol. The summed E-state index contributed by atoms with van der Waals surface area (Å²) in [5.41, 5.74) is 1.03. The minimum Gasteiger partial charge on any atom is -0.379 e. The zero-order chi connectivity index (χ0) is 20.3. The van der Waals surface area contributed by atoms with Crippen LogP contribution < -0.4 is 10.6 Å². The van der Waals surface area contributed by atoms with Crippen molar-refractivity contribution in [3.05, 3.63) is 62.3 Å². The Hall–Kier alpha value is -1.76. The van der Waals surface area contributed by atoms with Gasteiger partial charge in [-0.3, -0.25) is 15.0 Å². The number of nitro groups is 1. The van der Waals surface area contributed by atoms with Crippen molar-refractivity contribution in [2.24, 2.45) is 4.99 Å². The number of rotatable bonds is 9. The second kappa shape index (κ2) is 13.5. The number of thiophene rings is 1. The summed E-state index contributed by atoms with van der Waals surface area (Å²) in [6.45, 7) is 6.50. The lowest BCUT2D eigenvalue weighted by molar-refractivity contribution is -0.384. The minimum absolute atomic E-state index is 0. The second-order valence-electron chi connectivity index (χ2n) is 6.73. The smallest absolute Gasteiger partial charge is 0.269 e. The summed E-state index contributed by atoms with van der Waals surface area (Å²) < 4.78 is 5.39. The summed E-state index contributed by atoms with van der Waals surface area (Å²) >= 11 is 1.75. The van der Waals surface area contributed by atoms with E-state index in [9.17, 15) is 10.1 Å². The average Bonchev–Trinajstić information content (AvgIpc) is 3.26. The lowest BCUT2D eigenvalue weighted by Gasteiger charge is -2.26. The first-order valence-corrected chi connectivity index (χ1v) is 10.7. The Kier molecular flexibility index (Phi) is 11.0. The lowest BCUT2D eigenvalue weighted by Crippen LogP contribution is -2.44. The fourth-order valence-electron chi connectivity index (χ4n) is 2.98. The standard InChI is InChI=1S/C20H27N5O3S.HI/c26-25(27)18-5-3-17(4-6-18)16-23-20(21-8-7-19-2-1-15-29-19)22-9-10-24-11-13-28-14-12-24;/h1-6,15H,7-14,16H2,(H2,21,22,23);1H. The molecule has 1 aliphatic rings. The summed E-state index contributed by atoms with van der Waals surface area (Å²) in [6.07, 6.45) is 0.944. The highest BCUT2D eigenvalue weighted by atomic mass is 127. The van der Waals surface area contributed by atoms with Crippen LogP contribution in [0.4, 0.5) is 5.69 Å². The first kappa shape index (κ1) is 24.5. The van der Waals surface area contributed by atoms with Gasteiger partial charge in [0.25, 0.3) is 5.69 Å². The van der Waals surface area contributed by atoms with Gasteiger partial charge in [-0.1, -0.05) is 18.2 Å². The number of nitro benzene ring substituents is 1. The molecular weight excluding hydrogens is 517 g/mol. The van der Waals surface area contributed by atoms with Gasteiger partial charge < -0.3 is 15.4 Å². The summed E-state index contributed by atoms with van der Waals surface area (Å²) in [5.74, 6) is 0.758. The lowest BCUT2D eigenvalue weighted by atomic mass is 10.2. The fourth-order valence-corrected chi connectivity index (χ4v) is 3.69. The molecule has 1 saturated heterocycles. The zero-order valence-corrected chi connectivity index (χ0v) is 19.9. The van der Waals surface area contributed by atoms with E-state index in [1.54, 1.807) is 23.5 Å². The number of ether oxygens (including phenoxy) is 1. The van der Waals surface area contributed by atoms with Gasteiger partial charge in [0.05, 0.1) is 24.7 Å². The van der Waals surface area contributed by atoms with Crippen molar-refractivity contribution >= 4 is 47.0 Å². The molecule has 164 valence electrons. The van der Waals surface area contributed by atoms with Crippen LogP contribution in [0.5, 0.6) is 0 Å². The molecular formula is C20H28IN5O3S. The Morgan fingerprint density at radius 1 is 1.17 bits per heavy atom. The van der Waals surface area contributed by atoms with Gasteiger partial charge >= 0.3 is 0 Å². The molecule has 0 spiro atoms. The number of hydrogen-bond acceptors (Lipinski definition) is 6. The van der Waals surface area contributed by atoms with Crippen LogP contribution in [-0.2, 0) is 17.7 Å². The molecule has 0 amide bonds. The Labute approximate surface area is 197 Å². The molecule has 0 unspecified atom stereocenters. The molecule has 0 radical (unpaired) electrons. The molecule has 8 nitrogen and oxygen atoms in total. The van der Waals surface area contributed by atoms with Gasteiger partial charge in [0.1, 0.15) is 0 Å². The van der Waals surface area contributed by atoms with Crippen LogP contribution in [0.2, 0.25) is 0 Å². The highest BCUT2D eigenvalue weighted by molar-refractivity contribution is 14.0. The zero-order valence-electron chi connectivity index (χ0n) is 16.8. The van der Waals surface area contributed by atoms with Crippen LogP contribution in [0.3, 0.4) is 0 Å². The van der Waals surface area contributed by atoms with Crippen molar-refractivity contribution in [3.63, 3.8) is 0 Å². The number of non-ortho nitro benzene ring substituents is 1. The highest BCUT2D eigenvalue weighted by Gasteiger charge is 2.10. The fraction of sp³-hybridized carbons (Fsp3) is 0.450. The molecule has 0 saturated carbocycles. The van der Waals surface area contributed by atoms with E-state index in [2.05, 4.69) is 38.0 Å². The second-order valence-corrected chi connectivity index (χ2v) is 7.76. The number of benzene rings is 1. The Bertz CT molecular complexity index is 780. The van der Waals surface area contributed by atoms with Crippen LogP contribution in [0.15, 0.2) is 46.8 Å². The summed E-state index contributed by atoms with van der Waals surface area (Å²) in [7, 11) is 0. The van der Waals surface area contributed by atoms with Crippen molar-refractivity contribution in [2.75, 3.05) is 45.9 Å². The average molecular weight is 545 g/mol. The first-order valence-electron chi connectivity index (χ1n) is 9.79. The van der Waals surface area contributed by atoms with Crippen LogP contribution >= 0.6 is 35.3 Å². The summed E-state index contributed by atoms with van der Waals surface area (Å²) in [5, 5.41) is 19.7. The molecule has 10 heteroatoms. The maximum absolute atomic E-state index is 10.8. The molecule has 1 fully saturated rings. The third-order valence-corrected chi connectivity index (χ3v) is 5.57. The molecule has 2 N–H and O–H groups in total. The molecule has 0 bridgehead atoms. The predicted molar refractivity (Wildman–Crippen MR) is 131 cm³/mol. The van der Waals surface area contributed by atoms with E-state index in [1.807, 2.05) is 0 Å². The number of guanidine groups is 1. The predicted octanol–water partition coefficient (Wildman–Crippen LogP) is 2.88. The molecule has 1 aromatic carbocycles. The largest absolute Gasteiger partial charge is 0.379 e. The van der Waals surface area contributed by atoms with Gasteiger partial charge in [0.2, 0.25) is 0 Å². The maximum Gasteiger partial charge on any atom is 0.269 e. The van der Waals surface area contributed by atoms with Gasteiger partial charge in [0, 0.05) is 49.7 Å². The molecule has 30 heavy (non-hydrogen) atoms. The van der Waals surface area contributed by atoms with E-state index in [4.69, 9.17) is 4.74 Å². The van der Waals surface area contributed by atoms with Gasteiger partial charge in [-0.05, 0) is 23.4 Å². The molecule has 2 heterocycles. The van der Waals surface area contributed by atoms with E-state index in [0.29, 0.717) is 6.54 Å². The van der Waals surface area contributed by atoms with Gasteiger partial charge in [-0.25, -0.2) is 4.99 Å². The molecule has 1 aromatic heterocycles. The number of halogens is 1. The van der Waals surface area contributed by atoms with E-state index in [1.165, 1.54) is 17.0 Å². The third kappa shape index (κ3) is 8.54. The summed E-state index contributed by atoms with van der Waals surface area (Å²) in [4.78, 5) is 18.8. The number of morpholine rings is 1. The third-order valence-electron chi connectivity index (χ3n) is 4.64. The van der Waals surface area contributed by atoms with E-state index in [-0.39, 0.29) is 29.7 Å². The Morgan fingerprint density at radius 3 is 2.57 bits per heavy atom. The quantitative estimate of drug-likeness (QED) is 0.166. The normalized spacial score (nSPS) is 14.7. The number of aliphatic imine (C=N–C) groups is 1. The van der Waals surface area contributed by atoms with E-state index in [0.717, 1.165) is 63.9 Å². The van der Waals surface area contributed by atoms with Crippen molar-refractivity contribution in [3.8, 4) is 0 Å². The van der Waals surface area contributed by atoms with E-state index < -0.39 is 4.92 Å². The number of nitrogens with zero attached hydrogens (tertiary/aromatic N) is 3. The van der Waals surface area contributed by atoms with Crippen LogP contribution in [-0.4, -0.2) is 61.7 Å². The molecule has 0 aliphatic carbocycles. The topological polar surface area (TPSA) is 92.0 Å². The molecule has 0 atom stereocenters. The van der Waals surface area contributed by atoms with Gasteiger partial charge in [-0.15, -0.1) is 35.3 Å². The first-order chi connectivity index (χ1) is 14.2. The highest BCUT2D eigenvalue weighted by Crippen LogP contribution is 2.12. The number of hydrogen-bond donors (Lipinski definition) is 2. The molecule has 3 rings (SSSR count). The van der Waals surface area contributed by atoms with E-state index >= 15 is 0 Å². The maximum atomic E-state index is 10.8. The van der Waals surface area contributed by atoms with Gasteiger partial charge in [0.15, 0.2) is 5.96 Å². The SMILES string of the molecule is I.O=[N+]([O-])c1ccc(CN=C(NCCc2cccs2)NCCN2CCOCC2)cc1. The minimum atomic E-state index is -0.391. The molecule has 1 aliphatic heterocycles. The summed E-state index contributed by atoms with van der Waals surface area (Å²) in [6, 6.07) is 10.7. The van der Waals surface area contributed by atoms with Crippen molar-refractivity contribution in [2.45, 2.75) is 13.0 Å². The molecule has 2 aromatic rings. The van der Waals surface area contributed by atoms with Crippen LogP contribution in [0.25, 0.3) is 0 Å². The Balaban J connectivity index is 0.00000320. The van der Waals surface area contributed by atoms with Crippen molar-refractivity contribution in [1.29, 1.82) is 0 Å². The van der Waals surface area contributed by atoms with Crippen LogP contribution in [0.1, 0.15) is 10.4 Å². The number of nitrogens with one attached hydrogen (secondary N) is 2. The van der Waals surface area contributed by atoms with Gasteiger partial charge in [-0.2, -0.15) is 0 Å².